The molecule has 0 heterocycles. The summed E-state index contributed by atoms with van der Waals surface area (Å²) >= 11 is 3.24. The van der Waals surface area contributed by atoms with Crippen molar-refractivity contribution in [2.24, 2.45) is 5.41 Å². The Morgan fingerprint density at radius 1 is 1.75 bits per heavy atom. The SMILES string of the molecule is CC1(C(O)CBr)CC1. The summed E-state index contributed by atoms with van der Waals surface area (Å²) in [6.45, 7) is 2.12. The number of alkyl halides is 1. The van der Waals surface area contributed by atoms with E-state index in [1.54, 1.807) is 0 Å². The number of aliphatic hydroxyl groups excluding tert-OH is 1. The van der Waals surface area contributed by atoms with Gasteiger partial charge in [0.15, 0.2) is 0 Å². The number of rotatable bonds is 2. The molecule has 0 aromatic carbocycles. The molecule has 0 aliphatic heterocycles. The van der Waals surface area contributed by atoms with E-state index in [-0.39, 0.29) is 11.5 Å². The molecule has 0 radical (unpaired) electrons. The van der Waals surface area contributed by atoms with Crippen molar-refractivity contribution in [3.05, 3.63) is 0 Å². The molecular weight excluding hydrogens is 168 g/mol. The fourth-order valence-corrected chi connectivity index (χ4v) is 1.50. The van der Waals surface area contributed by atoms with Gasteiger partial charge in [-0.3, -0.25) is 0 Å². The smallest absolute Gasteiger partial charge is 0.0690 e. The molecule has 1 saturated carbocycles. The van der Waals surface area contributed by atoms with Gasteiger partial charge in [0.1, 0.15) is 0 Å². The Kier molecular flexibility index (Phi) is 1.63. The average molecular weight is 179 g/mol. The van der Waals surface area contributed by atoms with Crippen LogP contribution in [0.3, 0.4) is 0 Å². The summed E-state index contributed by atoms with van der Waals surface area (Å²) in [5, 5.41) is 9.94. The van der Waals surface area contributed by atoms with Crippen LogP contribution in [-0.2, 0) is 0 Å². The summed E-state index contributed by atoms with van der Waals surface area (Å²) in [5.41, 5.74) is 0.267. The van der Waals surface area contributed by atoms with Crippen molar-refractivity contribution in [3.63, 3.8) is 0 Å². The minimum Gasteiger partial charge on any atom is -0.392 e. The topological polar surface area (TPSA) is 20.2 Å². The monoisotopic (exact) mass is 178 g/mol. The molecule has 1 rings (SSSR count). The van der Waals surface area contributed by atoms with E-state index in [0.717, 1.165) is 5.33 Å². The second kappa shape index (κ2) is 1.99. The van der Waals surface area contributed by atoms with Crippen molar-refractivity contribution >= 4 is 15.9 Å². The lowest BCUT2D eigenvalue weighted by molar-refractivity contribution is 0.127. The summed E-state index contributed by atoms with van der Waals surface area (Å²) in [6, 6.07) is 0. The maximum absolute atomic E-state index is 9.21. The molecule has 0 bridgehead atoms. The quantitative estimate of drug-likeness (QED) is 0.637. The van der Waals surface area contributed by atoms with Crippen molar-refractivity contribution in [1.29, 1.82) is 0 Å². The Bertz CT molecular complexity index is 88.5. The zero-order valence-electron chi connectivity index (χ0n) is 5.02. The van der Waals surface area contributed by atoms with Crippen LogP contribution in [0.25, 0.3) is 0 Å². The standard InChI is InChI=1S/C6H11BrO/c1-6(2-3-6)5(8)4-7/h5,8H,2-4H2,1H3. The van der Waals surface area contributed by atoms with Crippen LogP contribution in [0.1, 0.15) is 19.8 Å². The molecule has 1 N–H and O–H groups in total. The maximum Gasteiger partial charge on any atom is 0.0690 e. The Morgan fingerprint density at radius 3 is 2.38 bits per heavy atom. The van der Waals surface area contributed by atoms with Gasteiger partial charge in [-0.2, -0.15) is 0 Å². The molecule has 1 fully saturated rings. The second-order valence-corrected chi connectivity index (χ2v) is 3.47. The first-order chi connectivity index (χ1) is 3.69. The Morgan fingerprint density at radius 2 is 2.25 bits per heavy atom. The van der Waals surface area contributed by atoms with Gasteiger partial charge >= 0.3 is 0 Å². The van der Waals surface area contributed by atoms with E-state index in [0.29, 0.717) is 0 Å². The second-order valence-electron chi connectivity index (χ2n) is 2.82. The molecule has 0 aromatic rings. The molecule has 1 nitrogen and oxygen atoms in total. The fourth-order valence-electron chi connectivity index (χ4n) is 0.717. The molecule has 0 spiro atoms. The van der Waals surface area contributed by atoms with Gasteiger partial charge in [0.2, 0.25) is 0 Å². The van der Waals surface area contributed by atoms with Crippen molar-refractivity contribution < 1.29 is 5.11 Å². The third-order valence-corrected chi connectivity index (χ3v) is 2.60. The molecule has 8 heavy (non-hydrogen) atoms. The third-order valence-electron chi connectivity index (χ3n) is 1.99. The average Bonchev–Trinajstić information content (AvgIpc) is 2.47. The normalized spacial score (nSPS) is 27.4. The van der Waals surface area contributed by atoms with Crippen LogP contribution < -0.4 is 0 Å². The lowest BCUT2D eigenvalue weighted by atomic mass is 10.0. The van der Waals surface area contributed by atoms with Gasteiger partial charge in [-0.25, -0.2) is 0 Å². The maximum atomic E-state index is 9.21. The van der Waals surface area contributed by atoms with Gasteiger partial charge in [-0.05, 0) is 18.3 Å². The van der Waals surface area contributed by atoms with E-state index in [4.69, 9.17) is 0 Å². The summed E-state index contributed by atoms with van der Waals surface area (Å²) in [7, 11) is 0. The number of aliphatic hydroxyl groups is 1. The molecule has 0 amide bonds. The molecule has 1 atom stereocenters. The predicted molar refractivity (Wildman–Crippen MR) is 37.1 cm³/mol. The Labute approximate surface area is 58.2 Å². The minimum atomic E-state index is -0.123. The number of hydrogen-bond donors (Lipinski definition) is 1. The van der Waals surface area contributed by atoms with Crippen LogP contribution in [0.2, 0.25) is 0 Å². The summed E-state index contributed by atoms with van der Waals surface area (Å²) in [5.74, 6) is 0. The molecule has 48 valence electrons. The highest BCUT2D eigenvalue weighted by atomic mass is 79.9. The molecule has 2 heteroatoms. The highest BCUT2D eigenvalue weighted by Gasteiger charge is 2.43. The van der Waals surface area contributed by atoms with E-state index in [1.165, 1.54) is 12.8 Å². The molecule has 0 saturated heterocycles. The predicted octanol–water partition coefficient (Wildman–Crippen LogP) is 1.54. The number of hydrogen-bond acceptors (Lipinski definition) is 1. The van der Waals surface area contributed by atoms with Gasteiger partial charge in [0.25, 0.3) is 0 Å². The third kappa shape index (κ3) is 1.06. The van der Waals surface area contributed by atoms with E-state index in [1.807, 2.05) is 0 Å². The van der Waals surface area contributed by atoms with Crippen LogP contribution in [0, 0.1) is 5.41 Å². The minimum absolute atomic E-state index is 0.123. The highest BCUT2D eigenvalue weighted by Crippen LogP contribution is 2.48. The van der Waals surface area contributed by atoms with Gasteiger partial charge < -0.3 is 5.11 Å². The first kappa shape index (κ1) is 6.56. The number of halogens is 1. The van der Waals surface area contributed by atoms with Crippen molar-refractivity contribution in [2.75, 3.05) is 5.33 Å². The van der Waals surface area contributed by atoms with Crippen molar-refractivity contribution in [1.82, 2.24) is 0 Å². The van der Waals surface area contributed by atoms with Crippen LogP contribution >= 0.6 is 15.9 Å². The van der Waals surface area contributed by atoms with E-state index < -0.39 is 0 Å². The zero-order chi connectivity index (χ0) is 6.20. The Balaban J connectivity index is 2.34. The van der Waals surface area contributed by atoms with Crippen LogP contribution in [0.15, 0.2) is 0 Å². The first-order valence-corrected chi connectivity index (χ1v) is 4.05. The summed E-state index contributed by atoms with van der Waals surface area (Å²) in [6.07, 6.45) is 2.27. The molecule has 1 aliphatic rings. The Hall–Kier alpha value is 0.440. The van der Waals surface area contributed by atoms with Crippen molar-refractivity contribution in [3.8, 4) is 0 Å². The van der Waals surface area contributed by atoms with Crippen LogP contribution in [0.5, 0.6) is 0 Å². The lowest BCUT2D eigenvalue weighted by Crippen LogP contribution is -2.19. The molecule has 1 aliphatic carbocycles. The van der Waals surface area contributed by atoms with Gasteiger partial charge in [-0.15, -0.1) is 0 Å². The van der Waals surface area contributed by atoms with E-state index in [9.17, 15) is 5.11 Å². The fraction of sp³-hybridized carbons (Fsp3) is 1.00. The highest BCUT2D eigenvalue weighted by molar-refractivity contribution is 9.09. The largest absolute Gasteiger partial charge is 0.392 e. The van der Waals surface area contributed by atoms with Gasteiger partial charge in [0.05, 0.1) is 6.10 Å². The summed E-state index contributed by atoms with van der Waals surface area (Å²) in [4.78, 5) is 0. The van der Waals surface area contributed by atoms with Crippen molar-refractivity contribution in [2.45, 2.75) is 25.9 Å². The van der Waals surface area contributed by atoms with Crippen LogP contribution in [0.4, 0.5) is 0 Å². The first-order valence-electron chi connectivity index (χ1n) is 2.93. The van der Waals surface area contributed by atoms with Crippen LogP contribution in [-0.4, -0.2) is 16.5 Å². The molecule has 0 aromatic heterocycles. The zero-order valence-corrected chi connectivity index (χ0v) is 6.61. The summed E-state index contributed by atoms with van der Waals surface area (Å²) < 4.78 is 0. The molecule has 1 unspecified atom stereocenters. The van der Waals surface area contributed by atoms with E-state index >= 15 is 0 Å². The van der Waals surface area contributed by atoms with Gasteiger partial charge in [-0.1, -0.05) is 22.9 Å². The lowest BCUT2D eigenvalue weighted by Gasteiger charge is -2.12. The molecular formula is C6H11BrO. The van der Waals surface area contributed by atoms with Gasteiger partial charge in [0, 0.05) is 5.33 Å². The van der Waals surface area contributed by atoms with E-state index in [2.05, 4.69) is 22.9 Å².